The quantitative estimate of drug-likeness (QED) is 0.291. The highest BCUT2D eigenvalue weighted by Gasteiger charge is 2.06. The van der Waals surface area contributed by atoms with Gasteiger partial charge in [-0.15, -0.1) is 24.0 Å². The molecule has 0 unspecified atom stereocenters. The normalized spacial score (nSPS) is 11.3. The minimum atomic E-state index is -3.17. The lowest BCUT2D eigenvalue weighted by molar-refractivity contribution is -0.114. The average molecular weight is 530 g/mol. The number of carbonyl (C=O) groups excluding carboxylic acids is 1. The predicted octanol–water partition coefficient (Wildman–Crippen LogP) is 2.57. The number of hydrogen-bond donors (Lipinski definition) is 3. The SMILES string of the molecule is CN=C(NCCc1ccc(S(C)(=O)=O)cc1)NCc1cccc(NC(C)=O)c1.I. The molecule has 7 nitrogen and oxygen atoms in total. The van der Waals surface area contributed by atoms with Crippen molar-refractivity contribution in [1.82, 2.24) is 10.6 Å². The van der Waals surface area contributed by atoms with Crippen molar-refractivity contribution >= 4 is 51.4 Å². The van der Waals surface area contributed by atoms with Gasteiger partial charge in [0, 0.05) is 39.0 Å². The highest BCUT2D eigenvalue weighted by molar-refractivity contribution is 14.0. The molecule has 9 heteroatoms. The molecule has 0 radical (unpaired) electrons. The lowest BCUT2D eigenvalue weighted by Gasteiger charge is -2.13. The second-order valence-electron chi connectivity index (χ2n) is 6.40. The number of amides is 1. The van der Waals surface area contributed by atoms with E-state index in [4.69, 9.17) is 0 Å². The van der Waals surface area contributed by atoms with Crippen molar-refractivity contribution in [2.24, 2.45) is 4.99 Å². The predicted molar refractivity (Wildman–Crippen MR) is 128 cm³/mol. The minimum absolute atomic E-state index is 0. The van der Waals surface area contributed by atoms with Gasteiger partial charge in [-0.05, 0) is 41.8 Å². The van der Waals surface area contributed by atoms with E-state index in [2.05, 4.69) is 20.9 Å². The standard InChI is InChI=1S/C20H26N4O3S.HI/c1-15(25)24-18-6-4-5-17(13-18)14-23-20(21-2)22-12-11-16-7-9-19(10-8-16)28(3,26)27;/h4-10,13H,11-12,14H2,1-3H3,(H,24,25)(H2,21,22,23);1H. The molecule has 2 rings (SSSR count). The molecule has 2 aromatic rings. The molecule has 0 saturated heterocycles. The summed E-state index contributed by atoms with van der Waals surface area (Å²) in [6, 6.07) is 14.5. The fraction of sp³-hybridized carbons (Fsp3) is 0.300. The number of sulfone groups is 1. The number of halogens is 1. The topological polar surface area (TPSA) is 99.7 Å². The maximum absolute atomic E-state index is 11.5. The molecular weight excluding hydrogens is 503 g/mol. The zero-order chi connectivity index (χ0) is 20.6. The lowest BCUT2D eigenvalue weighted by atomic mass is 10.1. The third-order valence-corrected chi connectivity index (χ3v) is 5.12. The van der Waals surface area contributed by atoms with E-state index < -0.39 is 9.84 Å². The van der Waals surface area contributed by atoms with Crippen LogP contribution in [0.5, 0.6) is 0 Å². The summed E-state index contributed by atoms with van der Waals surface area (Å²) in [6.45, 7) is 2.70. The van der Waals surface area contributed by atoms with Crippen LogP contribution in [0.4, 0.5) is 5.69 Å². The summed E-state index contributed by atoms with van der Waals surface area (Å²) in [5.74, 6) is 0.560. The zero-order valence-electron chi connectivity index (χ0n) is 16.7. The number of carbonyl (C=O) groups is 1. The Morgan fingerprint density at radius 1 is 1.03 bits per heavy atom. The van der Waals surface area contributed by atoms with Crippen LogP contribution in [0.15, 0.2) is 58.4 Å². The summed E-state index contributed by atoms with van der Waals surface area (Å²) in [7, 11) is -1.47. The van der Waals surface area contributed by atoms with Crippen molar-refractivity contribution in [3.63, 3.8) is 0 Å². The maximum atomic E-state index is 11.5. The molecule has 0 aliphatic rings. The third kappa shape index (κ3) is 8.82. The van der Waals surface area contributed by atoms with E-state index >= 15 is 0 Å². The Morgan fingerprint density at radius 2 is 1.72 bits per heavy atom. The van der Waals surface area contributed by atoms with Crippen LogP contribution in [0.2, 0.25) is 0 Å². The van der Waals surface area contributed by atoms with Crippen LogP contribution in [0.3, 0.4) is 0 Å². The van der Waals surface area contributed by atoms with Gasteiger partial charge in [-0.2, -0.15) is 0 Å². The van der Waals surface area contributed by atoms with E-state index in [1.165, 1.54) is 13.2 Å². The van der Waals surface area contributed by atoms with E-state index in [1.54, 1.807) is 19.2 Å². The van der Waals surface area contributed by atoms with Gasteiger partial charge >= 0.3 is 0 Å². The molecule has 0 spiro atoms. The highest BCUT2D eigenvalue weighted by atomic mass is 127. The molecule has 0 aliphatic carbocycles. The van der Waals surface area contributed by atoms with E-state index in [1.807, 2.05) is 36.4 Å². The second kappa shape index (κ2) is 11.8. The van der Waals surface area contributed by atoms with Gasteiger partial charge in [-0.3, -0.25) is 9.79 Å². The van der Waals surface area contributed by atoms with Crippen molar-refractivity contribution in [3.05, 3.63) is 59.7 Å². The van der Waals surface area contributed by atoms with E-state index in [0.29, 0.717) is 23.9 Å². The van der Waals surface area contributed by atoms with Crippen LogP contribution in [-0.2, 0) is 27.6 Å². The Bertz CT molecular complexity index is 944. The van der Waals surface area contributed by atoms with E-state index in [9.17, 15) is 13.2 Å². The first-order valence-electron chi connectivity index (χ1n) is 8.88. The Morgan fingerprint density at radius 3 is 2.31 bits per heavy atom. The summed E-state index contributed by atoms with van der Waals surface area (Å²) in [4.78, 5) is 15.7. The summed E-state index contributed by atoms with van der Waals surface area (Å²) in [6.07, 6.45) is 1.94. The number of nitrogens with one attached hydrogen (secondary N) is 3. The van der Waals surface area contributed by atoms with Crippen LogP contribution in [0.1, 0.15) is 18.1 Å². The van der Waals surface area contributed by atoms with Gasteiger partial charge in [0.1, 0.15) is 0 Å². The van der Waals surface area contributed by atoms with Crippen LogP contribution < -0.4 is 16.0 Å². The van der Waals surface area contributed by atoms with Crippen LogP contribution in [0.25, 0.3) is 0 Å². The van der Waals surface area contributed by atoms with Crippen molar-refractivity contribution in [3.8, 4) is 0 Å². The molecule has 1 amide bonds. The Labute approximate surface area is 189 Å². The summed E-state index contributed by atoms with van der Waals surface area (Å²) >= 11 is 0. The first kappa shape index (κ1) is 24.9. The Hall–Kier alpha value is -2.14. The maximum Gasteiger partial charge on any atom is 0.221 e. The van der Waals surface area contributed by atoms with Crippen LogP contribution >= 0.6 is 24.0 Å². The van der Waals surface area contributed by atoms with Crippen LogP contribution in [-0.4, -0.2) is 40.1 Å². The summed E-state index contributed by atoms with van der Waals surface area (Å²) in [5, 5.41) is 9.22. The van der Waals surface area contributed by atoms with Crippen molar-refractivity contribution in [1.29, 1.82) is 0 Å². The molecular formula is C20H27IN4O3S. The first-order valence-corrected chi connectivity index (χ1v) is 10.8. The molecule has 158 valence electrons. The molecule has 2 aromatic carbocycles. The van der Waals surface area contributed by atoms with E-state index in [-0.39, 0.29) is 29.9 Å². The number of hydrogen-bond acceptors (Lipinski definition) is 4. The first-order chi connectivity index (χ1) is 13.3. The van der Waals surface area contributed by atoms with Gasteiger partial charge in [-0.25, -0.2) is 8.42 Å². The molecule has 0 atom stereocenters. The number of rotatable bonds is 7. The largest absolute Gasteiger partial charge is 0.356 e. The Kier molecular flexibility index (Phi) is 10.1. The number of guanidine groups is 1. The number of nitrogens with zero attached hydrogens (tertiary/aromatic N) is 1. The minimum Gasteiger partial charge on any atom is -0.356 e. The highest BCUT2D eigenvalue weighted by Crippen LogP contribution is 2.11. The molecule has 0 aromatic heterocycles. The van der Waals surface area contributed by atoms with Gasteiger partial charge in [0.25, 0.3) is 0 Å². The van der Waals surface area contributed by atoms with Crippen LogP contribution in [0, 0.1) is 0 Å². The van der Waals surface area contributed by atoms with Gasteiger partial charge in [0.2, 0.25) is 5.91 Å². The van der Waals surface area contributed by atoms with Gasteiger partial charge in [0.15, 0.2) is 15.8 Å². The fourth-order valence-corrected chi connectivity index (χ4v) is 3.23. The van der Waals surface area contributed by atoms with Crippen molar-refractivity contribution in [2.45, 2.75) is 24.8 Å². The Balaban J connectivity index is 0.00000420. The molecule has 0 aliphatic heterocycles. The molecule has 0 bridgehead atoms. The number of aliphatic imine (C=N–C) groups is 1. The average Bonchev–Trinajstić information content (AvgIpc) is 2.64. The lowest BCUT2D eigenvalue weighted by Crippen LogP contribution is -2.37. The third-order valence-electron chi connectivity index (χ3n) is 3.99. The fourth-order valence-electron chi connectivity index (χ4n) is 2.60. The number of anilines is 1. The summed E-state index contributed by atoms with van der Waals surface area (Å²) in [5.41, 5.74) is 2.82. The van der Waals surface area contributed by atoms with Crippen molar-refractivity contribution in [2.75, 3.05) is 25.2 Å². The molecule has 0 saturated carbocycles. The molecule has 3 N–H and O–H groups in total. The molecule has 0 fully saturated rings. The molecule has 0 heterocycles. The monoisotopic (exact) mass is 530 g/mol. The smallest absolute Gasteiger partial charge is 0.221 e. The molecule has 29 heavy (non-hydrogen) atoms. The van der Waals surface area contributed by atoms with Gasteiger partial charge < -0.3 is 16.0 Å². The van der Waals surface area contributed by atoms with Crippen molar-refractivity contribution < 1.29 is 13.2 Å². The summed E-state index contributed by atoms with van der Waals surface area (Å²) < 4.78 is 23.0. The van der Waals surface area contributed by atoms with E-state index in [0.717, 1.165) is 23.2 Å². The zero-order valence-corrected chi connectivity index (χ0v) is 19.9. The number of benzene rings is 2. The second-order valence-corrected chi connectivity index (χ2v) is 8.42. The van der Waals surface area contributed by atoms with Gasteiger partial charge in [-0.1, -0.05) is 24.3 Å². The van der Waals surface area contributed by atoms with Gasteiger partial charge in [0.05, 0.1) is 4.90 Å².